The molecule has 0 spiro atoms. The minimum absolute atomic E-state index is 0.116. The first kappa shape index (κ1) is 26.5. The van der Waals surface area contributed by atoms with Gasteiger partial charge in [-0.25, -0.2) is 4.79 Å². The third kappa shape index (κ3) is 7.66. The Labute approximate surface area is 195 Å². The van der Waals surface area contributed by atoms with Crippen molar-refractivity contribution in [2.24, 2.45) is 5.92 Å². The fraction of sp³-hybridized carbons (Fsp3) is 0.500. The van der Waals surface area contributed by atoms with E-state index in [1.807, 2.05) is 26.0 Å². The van der Waals surface area contributed by atoms with Crippen molar-refractivity contribution in [2.75, 3.05) is 12.4 Å². The van der Waals surface area contributed by atoms with Gasteiger partial charge in [0.25, 0.3) is 0 Å². The van der Waals surface area contributed by atoms with Crippen LogP contribution in [0.1, 0.15) is 57.6 Å². The van der Waals surface area contributed by atoms with Gasteiger partial charge in [-0.05, 0) is 73.8 Å². The Balaban J connectivity index is 2.06. The summed E-state index contributed by atoms with van der Waals surface area (Å²) in [5.41, 5.74) is -0.511. The number of fused-ring (bicyclic) bond motifs is 1. The molecular formula is C24H29F3O3S2. The number of esters is 1. The van der Waals surface area contributed by atoms with E-state index in [1.165, 1.54) is 0 Å². The minimum Gasteiger partial charge on any atom is -0.462 e. The molecule has 0 N–H and O–H groups in total. The summed E-state index contributed by atoms with van der Waals surface area (Å²) in [4.78, 5) is 24.6. The predicted molar refractivity (Wildman–Crippen MR) is 127 cm³/mol. The normalized spacial score (nSPS) is 11.8. The molecule has 1 aromatic heterocycles. The third-order valence-corrected chi connectivity index (χ3v) is 6.91. The van der Waals surface area contributed by atoms with Crippen LogP contribution in [0.2, 0.25) is 0 Å². The first-order chi connectivity index (χ1) is 15.0. The minimum atomic E-state index is -4.65. The number of benzene rings is 1. The summed E-state index contributed by atoms with van der Waals surface area (Å²) < 4.78 is 45.5. The zero-order valence-corrected chi connectivity index (χ0v) is 20.3. The molecule has 0 fully saturated rings. The number of aryl methyl sites for hydroxylation is 1. The number of alkyl halides is 3. The Morgan fingerprint density at radius 2 is 1.94 bits per heavy atom. The van der Waals surface area contributed by atoms with Gasteiger partial charge >= 0.3 is 12.1 Å². The highest BCUT2D eigenvalue weighted by Crippen LogP contribution is 2.37. The number of halogens is 3. The maximum atomic E-state index is 13.6. The molecule has 2 aromatic rings. The van der Waals surface area contributed by atoms with Gasteiger partial charge in [-0.1, -0.05) is 37.8 Å². The van der Waals surface area contributed by atoms with E-state index in [0.717, 1.165) is 29.9 Å². The van der Waals surface area contributed by atoms with Gasteiger partial charge in [-0.3, -0.25) is 4.79 Å². The van der Waals surface area contributed by atoms with Crippen LogP contribution in [0.15, 0.2) is 40.0 Å². The van der Waals surface area contributed by atoms with E-state index in [4.69, 9.17) is 4.74 Å². The van der Waals surface area contributed by atoms with Gasteiger partial charge in [0, 0.05) is 15.2 Å². The first-order valence-corrected chi connectivity index (χ1v) is 12.4. The Kier molecular flexibility index (Phi) is 9.83. The number of unbranched alkanes of at least 4 members (excludes halogenated alkanes) is 2. The van der Waals surface area contributed by atoms with Crippen molar-refractivity contribution < 1.29 is 22.7 Å². The smallest absolute Gasteiger partial charge is 0.421 e. The monoisotopic (exact) mass is 486 g/mol. The second kappa shape index (κ2) is 11.9. The van der Waals surface area contributed by atoms with Gasteiger partial charge in [0.15, 0.2) is 0 Å². The first-order valence-electron chi connectivity index (χ1n) is 10.6. The fourth-order valence-corrected chi connectivity index (χ4v) is 5.23. The highest BCUT2D eigenvalue weighted by Gasteiger charge is 2.37. The molecule has 0 saturated carbocycles. The largest absolute Gasteiger partial charge is 0.462 e. The molecule has 0 unspecified atom stereocenters. The number of hydrogen-bond acceptors (Lipinski definition) is 5. The Morgan fingerprint density at radius 3 is 2.56 bits per heavy atom. The van der Waals surface area contributed by atoms with Crippen molar-refractivity contribution in [3.8, 4) is 0 Å². The lowest BCUT2D eigenvalue weighted by atomic mass is 9.97. The van der Waals surface area contributed by atoms with Crippen LogP contribution in [0.3, 0.4) is 0 Å². The molecule has 32 heavy (non-hydrogen) atoms. The van der Waals surface area contributed by atoms with Gasteiger partial charge in [0.1, 0.15) is 5.56 Å². The molecule has 0 aliphatic carbocycles. The summed E-state index contributed by atoms with van der Waals surface area (Å²) in [6, 6.07) is 5.37. The van der Waals surface area contributed by atoms with Crippen LogP contribution in [0.5, 0.6) is 0 Å². The van der Waals surface area contributed by atoms with Gasteiger partial charge < -0.3 is 4.74 Å². The van der Waals surface area contributed by atoms with E-state index in [9.17, 15) is 22.8 Å². The third-order valence-electron chi connectivity index (χ3n) is 4.88. The second-order valence-corrected chi connectivity index (χ2v) is 10.3. The number of carbonyl (C=O) groups excluding carboxylic acids is 1. The van der Waals surface area contributed by atoms with Crippen LogP contribution in [0.25, 0.3) is 10.1 Å². The van der Waals surface area contributed by atoms with Crippen LogP contribution in [0.4, 0.5) is 13.2 Å². The molecule has 1 aromatic carbocycles. The molecule has 2 rings (SSSR count). The molecule has 8 heteroatoms. The number of hydrogen-bond donors (Lipinski definition) is 0. The molecule has 0 saturated heterocycles. The van der Waals surface area contributed by atoms with Crippen LogP contribution in [-0.2, 0) is 22.1 Å². The molecule has 0 aliphatic rings. The second-order valence-electron chi connectivity index (χ2n) is 8.16. The molecule has 0 aliphatic heterocycles. The lowest BCUT2D eigenvalue weighted by molar-refractivity contribution is -0.139. The Morgan fingerprint density at radius 1 is 1.22 bits per heavy atom. The number of rotatable bonds is 11. The highest BCUT2D eigenvalue weighted by molar-refractivity contribution is 7.99. The summed E-state index contributed by atoms with van der Waals surface area (Å²) in [7, 11) is 0. The summed E-state index contributed by atoms with van der Waals surface area (Å²) >= 11 is 2.27. The van der Waals surface area contributed by atoms with Crippen molar-refractivity contribution in [3.63, 3.8) is 0 Å². The topological polar surface area (TPSA) is 43.4 Å². The fourth-order valence-electron chi connectivity index (χ4n) is 3.17. The van der Waals surface area contributed by atoms with Crippen LogP contribution in [0, 0.1) is 5.92 Å². The molecular weight excluding hydrogens is 457 g/mol. The van der Waals surface area contributed by atoms with Crippen molar-refractivity contribution in [2.45, 2.75) is 63.9 Å². The van der Waals surface area contributed by atoms with Crippen molar-refractivity contribution >= 4 is 39.2 Å². The zero-order valence-electron chi connectivity index (χ0n) is 18.6. The van der Waals surface area contributed by atoms with Gasteiger partial charge in [0.2, 0.25) is 4.74 Å². The van der Waals surface area contributed by atoms with E-state index < -0.39 is 16.5 Å². The van der Waals surface area contributed by atoms with Crippen LogP contribution >= 0.6 is 23.1 Å². The lowest BCUT2D eigenvalue weighted by Crippen LogP contribution is -2.20. The summed E-state index contributed by atoms with van der Waals surface area (Å²) in [5.74, 6) is 0.690. The Bertz CT molecular complexity index is 1010. The summed E-state index contributed by atoms with van der Waals surface area (Å²) in [5, 5.41) is 0.520. The van der Waals surface area contributed by atoms with E-state index in [-0.39, 0.29) is 23.9 Å². The maximum absolute atomic E-state index is 13.6. The van der Waals surface area contributed by atoms with E-state index in [1.54, 1.807) is 24.8 Å². The lowest BCUT2D eigenvalue weighted by Gasteiger charge is -2.15. The summed E-state index contributed by atoms with van der Waals surface area (Å²) in [6.07, 6.45) is -1.26. The van der Waals surface area contributed by atoms with E-state index in [2.05, 4.69) is 6.58 Å². The quantitative estimate of drug-likeness (QED) is 0.145. The van der Waals surface area contributed by atoms with E-state index in [0.29, 0.717) is 40.0 Å². The molecule has 0 radical (unpaired) electrons. The highest BCUT2D eigenvalue weighted by atomic mass is 32.2. The molecule has 3 nitrogen and oxygen atoms in total. The van der Waals surface area contributed by atoms with Crippen molar-refractivity contribution in [3.05, 3.63) is 51.0 Å². The molecule has 1 heterocycles. The maximum Gasteiger partial charge on any atom is 0.421 e. The van der Waals surface area contributed by atoms with Crippen LogP contribution < -0.4 is 4.74 Å². The molecule has 0 amide bonds. The standard InChI is InChI=1S/C24H29F3O3S2/c1-15(2)8-10-19-18-11-9-17(14-20(18)32-23(29)21(19)24(25,26)27)31-13-7-5-6-12-30-22(28)16(3)4/h9,11,14-15H,3,5-8,10,12-13H2,1-2,4H3. The average Bonchev–Trinajstić information content (AvgIpc) is 2.69. The van der Waals surface area contributed by atoms with Gasteiger partial charge in [-0.15, -0.1) is 11.8 Å². The molecule has 0 bridgehead atoms. The molecule has 0 atom stereocenters. The van der Waals surface area contributed by atoms with Crippen molar-refractivity contribution in [1.82, 2.24) is 0 Å². The SMILES string of the molecule is C=C(C)C(=O)OCCCCCSc1ccc2c(CCC(C)C)c(C(F)(F)F)c(=O)sc2c1. The van der Waals surface area contributed by atoms with E-state index >= 15 is 0 Å². The Hall–Kier alpha value is -1.80. The predicted octanol–water partition coefficient (Wildman–Crippen LogP) is 7.25. The average molecular weight is 487 g/mol. The van der Waals surface area contributed by atoms with Gasteiger partial charge in [0.05, 0.1) is 6.61 Å². The number of thioether (sulfide) groups is 1. The van der Waals surface area contributed by atoms with Crippen LogP contribution in [-0.4, -0.2) is 18.3 Å². The van der Waals surface area contributed by atoms with Crippen molar-refractivity contribution in [1.29, 1.82) is 0 Å². The van der Waals surface area contributed by atoms with Gasteiger partial charge in [-0.2, -0.15) is 13.2 Å². The molecule has 176 valence electrons. The zero-order chi connectivity index (χ0) is 23.9. The number of carbonyl (C=O) groups is 1. The number of ether oxygens (including phenoxy) is 1. The summed E-state index contributed by atoms with van der Waals surface area (Å²) in [6.45, 7) is 9.41.